The molecular formula is C21H22N2O5S. The molecule has 2 amide bonds. The van der Waals surface area contributed by atoms with Crippen molar-refractivity contribution in [2.24, 2.45) is 0 Å². The second kappa shape index (κ2) is 10.9. The van der Waals surface area contributed by atoms with Gasteiger partial charge in [0.15, 0.2) is 0 Å². The molecule has 0 saturated heterocycles. The van der Waals surface area contributed by atoms with Gasteiger partial charge in [-0.2, -0.15) is 0 Å². The highest BCUT2D eigenvalue weighted by molar-refractivity contribution is 8.00. The van der Waals surface area contributed by atoms with Gasteiger partial charge in [-0.1, -0.05) is 6.07 Å². The molecule has 8 heteroatoms. The van der Waals surface area contributed by atoms with E-state index in [1.807, 2.05) is 13.0 Å². The first kappa shape index (κ1) is 22.0. The minimum absolute atomic E-state index is 0.155. The van der Waals surface area contributed by atoms with Crippen molar-refractivity contribution in [2.75, 3.05) is 17.2 Å². The molecular weight excluding hydrogens is 392 g/mol. The molecule has 0 bridgehead atoms. The van der Waals surface area contributed by atoms with Gasteiger partial charge in [-0.15, -0.1) is 11.8 Å². The zero-order valence-corrected chi connectivity index (χ0v) is 16.9. The van der Waals surface area contributed by atoms with Gasteiger partial charge >= 0.3 is 5.97 Å². The van der Waals surface area contributed by atoms with E-state index in [0.717, 1.165) is 22.8 Å². The number of carboxylic acids is 1. The predicted octanol–water partition coefficient (Wildman–Crippen LogP) is 3.78. The summed E-state index contributed by atoms with van der Waals surface area (Å²) in [6.45, 7) is 4.27. The topological polar surface area (TPSA) is 105 Å². The average molecular weight is 414 g/mol. The quantitative estimate of drug-likeness (QED) is 0.426. The third-order valence-electron chi connectivity index (χ3n) is 3.59. The fraction of sp³-hybridized carbons (Fsp3) is 0.190. The Bertz CT molecular complexity index is 896. The maximum Gasteiger partial charge on any atom is 0.328 e. The molecule has 152 valence electrons. The summed E-state index contributed by atoms with van der Waals surface area (Å²) in [5.41, 5.74) is 1.19. The summed E-state index contributed by atoms with van der Waals surface area (Å²) >= 11 is 1.34. The molecule has 1 atom stereocenters. The highest BCUT2D eigenvalue weighted by Gasteiger charge is 2.15. The largest absolute Gasteiger partial charge is 0.494 e. The average Bonchev–Trinajstić information content (AvgIpc) is 2.68. The minimum Gasteiger partial charge on any atom is -0.494 e. The Morgan fingerprint density at radius 3 is 2.45 bits per heavy atom. The summed E-state index contributed by atoms with van der Waals surface area (Å²) in [5.74, 6) is -1.16. The number of hydrogen-bond donors (Lipinski definition) is 3. The number of benzene rings is 2. The number of nitrogens with one attached hydrogen (secondary N) is 2. The van der Waals surface area contributed by atoms with E-state index in [0.29, 0.717) is 18.0 Å². The molecule has 7 nitrogen and oxygen atoms in total. The predicted molar refractivity (Wildman–Crippen MR) is 113 cm³/mol. The molecule has 2 aromatic rings. The lowest BCUT2D eigenvalue weighted by Gasteiger charge is -2.13. The molecule has 2 rings (SSSR count). The van der Waals surface area contributed by atoms with Crippen molar-refractivity contribution in [3.05, 3.63) is 60.7 Å². The van der Waals surface area contributed by atoms with Crippen LogP contribution in [0.15, 0.2) is 65.6 Å². The van der Waals surface area contributed by atoms with E-state index in [1.54, 1.807) is 49.4 Å². The number of aliphatic carboxylic acids is 1. The highest BCUT2D eigenvalue weighted by atomic mass is 32.2. The molecule has 0 aromatic heterocycles. The van der Waals surface area contributed by atoms with Gasteiger partial charge in [0, 0.05) is 28.4 Å². The molecule has 1 unspecified atom stereocenters. The first-order chi connectivity index (χ1) is 13.9. The van der Waals surface area contributed by atoms with E-state index >= 15 is 0 Å². The molecule has 0 fully saturated rings. The monoisotopic (exact) mass is 414 g/mol. The number of hydrogen-bond acceptors (Lipinski definition) is 5. The number of ether oxygens (including phenoxy) is 1. The Balaban J connectivity index is 1.93. The van der Waals surface area contributed by atoms with Gasteiger partial charge in [0.2, 0.25) is 11.8 Å². The van der Waals surface area contributed by atoms with Crippen molar-refractivity contribution >= 4 is 40.9 Å². The number of anilines is 2. The van der Waals surface area contributed by atoms with Crippen LogP contribution in [0.3, 0.4) is 0 Å². The van der Waals surface area contributed by atoms with E-state index in [9.17, 15) is 14.4 Å². The van der Waals surface area contributed by atoms with Crippen LogP contribution in [0.2, 0.25) is 0 Å². The molecule has 29 heavy (non-hydrogen) atoms. The third-order valence-corrected chi connectivity index (χ3v) is 4.69. The number of carboxylic acid groups (broad SMARTS) is 1. The molecule has 0 aliphatic heterocycles. The molecule has 0 saturated carbocycles. The van der Waals surface area contributed by atoms with E-state index < -0.39 is 11.9 Å². The summed E-state index contributed by atoms with van der Waals surface area (Å²) in [4.78, 5) is 35.4. The Kier molecular flexibility index (Phi) is 8.29. The molecule has 0 radical (unpaired) electrons. The second-order valence-electron chi connectivity index (χ2n) is 5.90. The lowest BCUT2D eigenvalue weighted by molar-refractivity contribution is -0.131. The molecule has 0 heterocycles. The lowest BCUT2D eigenvalue weighted by Crippen LogP contribution is -2.22. The van der Waals surface area contributed by atoms with Gasteiger partial charge in [0.25, 0.3) is 0 Å². The standard InChI is InChI=1S/C21H22N2O5S/c1-3-28-17-9-7-15(8-10-17)23-21(27)14(2)29-18-6-4-5-16(13-18)22-19(24)11-12-20(25)26/h4-14H,3H2,1-2H3,(H,22,24)(H,23,27)(H,25,26)/b12-11+. The van der Waals surface area contributed by atoms with Crippen molar-refractivity contribution < 1.29 is 24.2 Å². The van der Waals surface area contributed by atoms with E-state index in [4.69, 9.17) is 9.84 Å². The highest BCUT2D eigenvalue weighted by Crippen LogP contribution is 2.27. The van der Waals surface area contributed by atoms with Gasteiger partial charge in [-0.3, -0.25) is 9.59 Å². The first-order valence-corrected chi connectivity index (χ1v) is 9.77. The van der Waals surface area contributed by atoms with Crippen LogP contribution in [0, 0.1) is 0 Å². The smallest absolute Gasteiger partial charge is 0.328 e. The zero-order valence-electron chi connectivity index (χ0n) is 16.0. The van der Waals surface area contributed by atoms with Crippen LogP contribution < -0.4 is 15.4 Å². The van der Waals surface area contributed by atoms with Crippen LogP contribution in [-0.4, -0.2) is 34.7 Å². The Morgan fingerprint density at radius 1 is 1.07 bits per heavy atom. The number of amides is 2. The molecule has 3 N–H and O–H groups in total. The fourth-order valence-corrected chi connectivity index (χ4v) is 3.21. The molecule has 2 aromatic carbocycles. The summed E-state index contributed by atoms with van der Waals surface area (Å²) in [6.07, 6.45) is 1.70. The maximum absolute atomic E-state index is 12.4. The van der Waals surface area contributed by atoms with E-state index in [1.165, 1.54) is 11.8 Å². The van der Waals surface area contributed by atoms with Gasteiger partial charge < -0.3 is 20.5 Å². The minimum atomic E-state index is -1.20. The van der Waals surface area contributed by atoms with Crippen molar-refractivity contribution in [3.8, 4) is 5.75 Å². The number of thioether (sulfide) groups is 1. The van der Waals surface area contributed by atoms with Gasteiger partial charge in [0.1, 0.15) is 5.75 Å². The van der Waals surface area contributed by atoms with Crippen molar-refractivity contribution in [3.63, 3.8) is 0 Å². The molecule has 0 aliphatic rings. The Morgan fingerprint density at radius 2 is 1.79 bits per heavy atom. The number of carbonyl (C=O) groups is 3. The fourth-order valence-electron chi connectivity index (χ4n) is 2.28. The Labute approximate surface area is 173 Å². The zero-order chi connectivity index (χ0) is 21.2. The van der Waals surface area contributed by atoms with Crippen molar-refractivity contribution in [1.82, 2.24) is 0 Å². The van der Waals surface area contributed by atoms with Crippen LogP contribution in [0.4, 0.5) is 11.4 Å². The molecule has 0 spiro atoms. The SMILES string of the molecule is CCOc1ccc(NC(=O)C(C)Sc2cccc(NC(=O)/C=C/C(=O)O)c2)cc1. The first-order valence-electron chi connectivity index (χ1n) is 8.90. The normalized spacial score (nSPS) is 11.7. The summed E-state index contributed by atoms with van der Waals surface area (Å²) in [5, 5.41) is 13.6. The summed E-state index contributed by atoms with van der Waals surface area (Å²) < 4.78 is 5.38. The lowest BCUT2D eigenvalue weighted by atomic mass is 10.3. The maximum atomic E-state index is 12.4. The van der Waals surface area contributed by atoms with E-state index in [-0.39, 0.29) is 11.2 Å². The van der Waals surface area contributed by atoms with Crippen LogP contribution in [-0.2, 0) is 14.4 Å². The summed E-state index contributed by atoms with van der Waals surface area (Å²) in [6, 6.07) is 14.1. The van der Waals surface area contributed by atoms with Crippen LogP contribution in [0.25, 0.3) is 0 Å². The van der Waals surface area contributed by atoms with Crippen LogP contribution >= 0.6 is 11.8 Å². The second-order valence-corrected chi connectivity index (χ2v) is 7.31. The summed E-state index contributed by atoms with van der Waals surface area (Å²) in [7, 11) is 0. The molecule has 0 aliphatic carbocycles. The van der Waals surface area contributed by atoms with Crippen LogP contribution in [0.5, 0.6) is 5.75 Å². The number of rotatable bonds is 9. The number of carbonyl (C=O) groups excluding carboxylic acids is 2. The van der Waals surface area contributed by atoms with Crippen molar-refractivity contribution in [1.29, 1.82) is 0 Å². The van der Waals surface area contributed by atoms with Gasteiger partial charge in [-0.05, 0) is 56.3 Å². The third kappa shape index (κ3) is 7.71. The Hall–Kier alpha value is -3.26. The van der Waals surface area contributed by atoms with Crippen LogP contribution in [0.1, 0.15) is 13.8 Å². The van der Waals surface area contributed by atoms with Gasteiger partial charge in [0.05, 0.1) is 11.9 Å². The van der Waals surface area contributed by atoms with E-state index in [2.05, 4.69) is 10.6 Å². The van der Waals surface area contributed by atoms with Crippen molar-refractivity contribution in [2.45, 2.75) is 24.0 Å². The van der Waals surface area contributed by atoms with Gasteiger partial charge in [-0.25, -0.2) is 4.79 Å².